The summed E-state index contributed by atoms with van der Waals surface area (Å²) in [7, 11) is 3.79. The van der Waals surface area contributed by atoms with E-state index in [4.69, 9.17) is 9.90 Å². The second-order valence-electron chi connectivity index (χ2n) is 6.67. The minimum absolute atomic E-state index is 0.0851. The Balaban J connectivity index is 0.00000233. The summed E-state index contributed by atoms with van der Waals surface area (Å²) in [6, 6.07) is 12.5. The minimum Gasteiger partial charge on any atom is -0.478 e. The van der Waals surface area contributed by atoms with Crippen LogP contribution in [0.15, 0.2) is 42.5 Å². The van der Waals surface area contributed by atoms with Gasteiger partial charge in [0, 0.05) is 37.9 Å². The van der Waals surface area contributed by atoms with Gasteiger partial charge in [0.1, 0.15) is 6.79 Å². The van der Waals surface area contributed by atoms with Crippen LogP contribution in [0.3, 0.4) is 0 Å². The van der Waals surface area contributed by atoms with E-state index in [2.05, 4.69) is 20.9 Å². The van der Waals surface area contributed by atoms with E-state index in [-0.39, 0.29) is 23.9 Å². The Morgan fingerprint density at radius 3 is 2.29 bits per heavy atom. The first-order valence-electron chi connectivity index (χ1n) is 9.52. The first-order chi connectivity index (χ1) is 14.8. The fourth-order valence-electron chi connectivity index (χ4n) is 2.89. The van der Waals surface area contributed by atoms with Gasteiger partial charge >= 0.3 is 5.97 Å². The number of rotatable bonds is 10. The maximum Gasteiger partial charge on any atom is 0.335 e. The summed E-state index contributed by atoms with van der Waals surface area (Å²) in [5, 5.41) is 17.6. The van der Waals surface area contributed by atoms with Gasteiger partial charge < -0.3 is 25.4 Å². The number of imide groups is 1. The van der Waals surface area contributed by atoms with Crippen molar-refractivity contribution < 1.29 is 24.3 Å². The summed E-state index contributed by atoms with van der Waals surface area (Å²) in [4.78, 5) is 42.8. The molecule has 9 heteroatoms. The van der Waals surface area contributed by atoms with E-state index in [1.54, 1.807) is 24.3 Å². The van der Waals surface area contributed by atoms with E-state index < -0.39 is 5.97 Å². The molecule has 0 spiro atoms. The van der Waals surface area contributed by atoms with Gasteiger partial charge in [-0.05, 0) is 55.8 Å². The maximum absolute atomic E-state index is 11.5. The maximum atomic E-state index is 11.5. The Labute approximate surface area is 181 Å². The number of hydrogen-bond acceptors (Lipinski definition) is 7. The highest BCUT2D eigenvalue weighted by molar-refractivity contribution is 5.88. The van der Waals surface area contributed by atoms with Crippen LogP contribution in [0.4, 0.5) is 22.7 Å². The first kappa shape index (κ1) is 25.2. The van der Waals surface area contributed by atoms with Crippen LogP contribution in [0.5, 0.6) is 0 Å². The smallest absolute Gasteiger partial charge is 0.335 e. The van der Waals surface area contributed by atoms with Crippen molar-refractivity contribution in [3.8, 4) is 0 Å². The molecule has 1 atom stereocenters. The number of nitrogens with zero attached hydrogens (tertiary/aromatic N) is 1. The fourth-order valence-corrected chi connectivity index (χ4v) is 2.89. The Hall–Kier alpha value is -3.88. The number of aromatic carboxylic acids is 1. The number of benzene rings is 2. The van der Waals surface area contributed by atoms with Crippen LogP contribution in [-0.4, -0.2) is 50.3 Å². The lowest BCUT2D eigenvalue weighted by Gasteiger charge is -2.29. The fraction of sp³-hybridized carbons (Fsp3) is 0.273. The van der Waals surface area contributed by atoms with Crippen LogP contribution in [0.25, 0.3) is 0 Å². The molecule has 2 rings (SSSR count). The number of amides is 2. The Bertz CT molecular complexity index is 886. The van der Waals surface area contributed by atoms with E-state index in [0.717, 1.165) is 22.7 Å². The zero-order valence-corrected chi connectivity index (χ0v) is 17.8. The van der Waals surface area contributed by atoms with Crippen LogP contribution in [-0.2, 0) is 14.4 Å². The third-order valence-electron chi connectivity index (χ3n) is 4.74. The third kappa shape index (κ3) is 7.46. The minimum atomic E-state index is -0.959. The molecule has 0 aliphatic heterocycles. The second kappa shape index (κ2) is 12.6. The van der Waals surface area contributed by atoms with Crippen LogP contribution in [0, 0.1) is 0 Å². The average Bonchev–Trinajstić information content (AvgIpc) is 2.78. The summed E-state index contributed by atoms with van der Waals surface area (Å²) in [5.74, 6) is -1.25. The lowest BCUT2D eigenvalue weighted by atomic mass is 10.1. The molecular weight excluding hydrogens is 400 g/mol. The highest BCUT2D eigenvalue weighted by Gasteiger charge is 2.15. The monoisotopic (exact) mass is 428 g/mol. The van der Waals surface area contributed by atoms with E-state index >= 15 is 0 Å². The van der Waals surface area contributed by atoms with Crippen molar-refractivity contribution in [1.29, 1.82) is 0 Å². The lowest BCUT2D eigenvalue weighted by Crippen LogP contribution is -2.31. The van der Waals surface area contributed by atoms with Gasteiger partial charge in [0.25, 0.3) is 0 Å². The SMILES string of the molecule is C=O.CNc1cc(Nc2ccc(C(=O)O)cc2)ccc1N(C)C(C)CCC(=O)NC=O. The molecule has 0 radical (unpaired) electrons. The van der Waals surface area contributed by atoms with Crippen molar-refractivity contribution in [3.63, 3.8) is 0 Å². The number of carbonyl (C=O) groups excluding carboxylic acids is 3. The van der Waals surface area contributed by atoms with Gasteiger partial charge in [-0.15, -0.1) is 0 Å². The van der Waals surface area contributed by atoms with Crippen molar-refractivity contribution in [2.24, 2.45) is 0 Å². The van der Waals surface area contributed by atoms with Gasteiger partial charge in [-0.25, -0.2) is 4.79 Å². The lowest BCUT2D eigenvalue weighted by molar-refractivity contribution is -0.125. The number of anilines is 4. The Morgan fingerprint density at radius 2 is 1.74 bits per heavy atom. The molecule has 0 bridgehead atoms. The summed E-state index contributed by atoms with van der Waals surface area (Å²) in [6.45, 7) is 4.02. The van der Waals surface area contributed by atoms with Crippen molar-refractivity contribution >= 4 is 47.8 Å². The zero-order chi connectivity index (χ0) is 23.4. The molecule has 2 amide bonds. The van der Waals surface area contributed by atoms with Gasteiger partial charge in [0.2, 0.25) is 12.3 Å². The molecular formula is C22H28N4O5. The van der Waals surface area contributed by atoms with Gasteiger partial charge in [-0.2, -0.15) is 0 Å². The van der Waals surface area contributed by atoms with Gasteiger partial charge in [-0.1, -0.05) is 0 Å². The molecule has 0 saturated carbocycles. The molecule has 4 N–H and O–H groups in total. The van der Waals surface area contributed by atoms with Gasteiger partial charge in [0.05, 0.1) is 16.9 Å². The Morgan fingerprint density at radius 1 is 1.13 bits per heavy atom. The largest absolute Gasteiger partial charge is 0.478 e. The number of carbonyl (C=O) groups is 4. The standard InChI is InChI=1S/C21H26N4O4.CH2O/c1-14(4-11-20(27)23-13-26)25(3)19-10-9-17(12-18(19)22-2)24-16-7-5-15(6-8-16)21(28)29;1-2/h5-10,12-14,22,24H,4,11H2,1-3H3,(H,28,29)(H,23,26,27);1H2. The van der Waals surface area contributed by atoms with E-state index in [9.17, 15) is 14.4 Å². The number of nitrogens with one attached hydrogen (secondary N) is 3. The van der Waals surface area contributed by atoms with Crippen molar-refractivity contribution in [1.82, 2.24) is 5.32 Å². The molecule has 2 aromatic rings. The highest BCUT2D eigenvalue weighted by atomic mass is 16.4. The molecule has 0 saturated heterocycles. The zero-order valence-electron chi connectivity index (χ0n) is 17.8. The summed E-state index contributed by atoms with van der Waals surface area (Å²) >= 11 is 0. The predicted octanol–water partition coefficient (Wildman–Crippen LogP) is 2.86. The molecule has 0 aliphatic carbocycles. The van der Waals surface area contributed by atoms with E-state index in [0.29, 0.717) is 12.8 Å². The molecule has 31 heavy (non-hydrogen) atoms. The highest BCUT2D eigenvalue weighted by Crippen LogP contribution is 2.31. The molecule has 0 fully saturated rings. The van der Waals surface area contributed by atoms with Crippen molar-refractivity contribution in [2.45, 2.75) is 25.8 Å². The third-order valence-corrected chi connectivity index (χ3v) is 4.74. The van der Waals surface area contributed by atoms with Crippen LogP contribution < -0.4 is 20.9 Å². The molecule has 9 nitrogen and oxygen atoms in total. The van der Waals surface area contributed by atoms with E-state index in [1.807, 2.05) is 46.0 Å². The topological polar surface area (TPSA) is 128 Å². The van der Waals surface area contributed by atoms with Crippen LogP contribution >= 0.6 is 0 Å². The van der Waals surface area contributed by atoms with Crippen LogP contribution in [0.2, 0.25) is 0 Å². The molecule has 0 heterocycles. The van der Waals surface area contributed by atoms with Crippen molar-refractivity contribution in [3.05, 3.63) is 48.0 Å². The molecule has 0 aromatic heterocycles. The van der Waals surface area contributed by atoms with Gasteiger partial charge in [-0.3, -0.25) is 14.9 Å². The first-order valence-corrected chi connectivity index (χ1v) is 9.52. The summed E-state index contributed by atoms with van der Waals surface area (Å²) < 4.78 is 0. The number of hydrogen-bond donors (Lipinski definition) is 4. The van der Waals surface area contributed by atoms with Crippen molar-refractivity contribution in [2.75, 3.05) is 29.6 Å². The molecule has 166 valence electrons. The van der Waals surface area contributed by atoms with Gasteiger partial charge in [0.15, 0.2) is 0 Å². The van der Waals surface area contributed by atoms with E-state index in [1.165, 1.54) is 0 Å². The molecule has 1 unspecified atom stereocenters. The average molecular weight is 428 g/mol. The Kier molecular flexibility index (Phi) is 10.3. The second-order valence-corrected chi connectivity index (χ2v) is 6.67. The quantitative estimate of drug-likeness (QED) is 0.425. The normalized spacial score (nSPS) is 10.7. The predicted molar refractivity (Wildman–Crippen MR) is 121 cm³/mol. The number of carboxylic acids is 1. The summed E-state index contributed by atoms with van der Waals surface area (Å²) in [5.41, 5.74) is 3.76. The summed E-state index contributed by atoms with van der Waals surface area (Å²) in [6.07, 6.45) is 1.27. The molecule has 2 aromatic carbocycles. The van der Waals surface area contributed by atoms with Crippen LogP contribution in [0.1, 0.15) is 30.1 Å². The molecule has 0 aliphatic rings. The number of carboxylic acid groups (broad SMARTS) is 1.